The van der Waals surface area contributed by atoms with Crippen LogP contribution in [0.1, 0.15) is 44.2 Å². The van der Waals surface area contributed by atoms with E-state index in [1.807, 2.05) is 37.3 Å². The third-order valence-corrected chi connectivity index (χ3v) is 5.49. The maximum atomic E-state index is 13.2. The van der Waals surface area contributed by atoms with Crippen molar-refractivity contribution in [2.45, 2.75) is 52.1 Å². The van der Waals surface area contributed by atoms with Crippen LogP contribution in [-0.2, 0) is 22.6 Å². The summed E-state index contributed by atoms with van der Waals surface area (Å²) in [6.07, 6.45) is 2.61. The molecule has 0 aliphatic rings. The number of nitrogens with one attached hydrogen (secondary N) is 1. The van der Waals surface area contributed by atoms with Crippen LogP contribution in [-0.4, -0.2) is 29.3 Å². The number of rotatable bonds is 10. The molecule has 6 heteroatoms. The lowest BCUT2D eigenvalue weighted by atomic mass is 10.1. The Morgan fingerprint density at radius 3 is 2.34 bits per heavy atom. The molecule has 0 aliphatic heterocycles. The fourth-order valence-electron chi connectivity index (χ4n) is 3.13. The molecule has 2 aromatic carbocycles. The Bertz CT molecular complexity index is 812. The second-order valence-electron chi connectivity index (χ2n) is 7.00. The molecule has 4 nitrogen and oxygen atoms in total. The van der Waals surface area contributed by atoms with Crippen LogP contribution in [0.5, 0.6) is 0 Å². The van der Waals surface area contributed by atoms with Gasteiger partial charge in [0.1, 0.15) is 6.04 Å². The van der Waals surface area contributed by atoms with Crippen molar-refractivity contribution >= 4 is 35.0 Å². The van der Waals surface area contributed by atoms with Gasteiger partial charge in [0.15, 0.2) is 0 Å². The summed E-state index contributed by atoms with van der Waals surface area (Å²) in [5.41, 5.74) is 1.75. The lowest BCUT2D eigenvalue weighted by Crippen LogP contribution is -2.49. The topological polar surface area (TPSA) is 49.4 Å². The molecule has 1 atom stereocenters. The van der Waals surface area contributed by atoms with Gasteiger partial charge in [0.2, 0.25) is 11.8 Å². The normalized spacial score (nSPS) is 11.7. The summed E-state index contributed by atoms with van der Waals surface area (Å²) in [4.78, 5) is 27.7. The number of unbranched alkanes of at least 4 members (excludes halogenated alkanes) is 1. The number of hydrogen-bond donors (Lipinski definition) is 1. The standard InChI is InChI=1S/C23H28Cl2N2O2/c1-3-5-13-26-23(29)21(4-2)27(16-17-9-7-6-8-10-17)22(28)15-18-11-12-19(24)20(25)14-18/h6-12,14,21H,3-5,13,15-16H2,1-2H3,(H,26,29)/t21-/m0/s1. The fourth-order valence-corrected chi connectivity index (χ4v) is 3.45. The lowest BCUT2D eigenvalue weighted by Gasteiger charge is -2.31. The van der Waals surface area contributed by atoms with Crippen LogP contribution in [0.3, 0.4) is 0 Å². The molecule has 2 amide bonds. The van der Waals surface area contributed by atoms with Gasteiger partial charge in [0.05, 0.1) is 16.5 Å². The Morgan fingerprint density at radius 2 is 1.72 bits per heavy atom. The Labute approximate surface area is 183 Å². The van der Waals surface area contributed by atoms with Gasteiger partial charge in [-0.3, -0.25) is 9.59 Å². The van der Waals surface area contributed by atoms with Gasteiger partial charge in [0, 0.05) is 13.1 Å². The minimum atomic E-state index is -0.526. The van der Waals surface area contributed by atoms with E-state index in [0.717, 1.165) is 24.0 Å². The largest absolute Gasteiger partial charge is 0.354 e. The van der Waals surface area contributed by atoms with E-state index in [9.17, 15) is 9.59 Å². The summed E-state index contributed by atoms with van der Waals surface area (Å²) >= 11 is 12.1. The molecule has 0 heterocycles. The molecular weight excluding hydrogens is 407 g/mol. The number of carbonyl (C=O) groups excluding carboxylic acids is 2. The van der Waals surface area contributed by atoms with E-state index in [2.05, 4.69) is 12.2 Å². The number of nitrogens with zero attached hydrogens (tertiary/aromatic N) is 1. The third kappa shape index (κ3) is 7.06. The second-order valence-corrected chi connectivity index (χ2v) is 7.82. The smallest absolute Gasteiger partial charge is 0.242 e. The predicted octanol–water partition coefficient (Wildman–Crippen LogP) is 5.26. The zero-order valence-corrected chi connectivity index (χ0v) is 18.5. The predicted molar refractivity (Wildman–Crippen MR) is 119 cm³/mol. The van der Waals surface area contributed by atoms with Crippen LogP contribution in [0, 0.1) is 0 Å². The van der Waals surface area contributed by atoms with Crippen LogP contribution >= 0.6 is 23.2 Å². The first-order valence-electron chi connectivity index (χ1n) is 10.0. The lowest BCUT2D eigenvalue weighted by molar-refractivity contribution is -0.140. The Morgan fingerprint density at radius 1 is 1.00 bits per heavy atom. The number of carbonyl (C=O) groups is 2. The van der Waals surface area contributed by atoms with E-state index in [0.29, 0.717) is 29.6 Å². The van der Waals surface area contributed by atoms with Crippen LogP contribution in [0.2, 0.25) is 10.0 Å². The molecule has 0 aliphatic carbocycles. The van der Waals surface area contributed by atoms with Gasteiger partial charge in [-0.25, -0.2) is 0 Å². The summed E-state index contributed by atoms with van der Waals surface area (Å²) in [5.74, 6) is -0.232. The van der Waals surface area contributed by atoms with Crippen molar-refractivity contribution in [2.24, 2.45) is 0 Å². The van der Waals surface area contributed by atoms with Gasteiger partial charge in [-0.05, 0) is 36.1 Å². The highest BCUT2D eigenvalue weighted by Gasteiger charge is 2.28. The van der Waals surface area contributed by atoms with E-state index in [-0.39, 0.29) is 18.2 Å². The number of hydrogen-bond acceptors (Lipinski definition) is 2. The fraction of sp³-hybridized carbons (Fsp3) is 0.391. The van der Waals surface area contributed by atoms with Gasteiger partial charge >= 0.3 is 0 Å². The SMILES string of the molecule is CCCCNC(=O)[C@H](CC)N(Cc1ccccc1)C(=O)Cc1ccc(Cl)c(Cl)c1. The molecule has 2 rings (SSSR count). The first-order chi connectivity index (χ1) is 14.0. The van der Waals surface area contributed by atoms with E-state index in [4.69, 9.17) is 23.2 Å². The molecule has 0 bridgehead atoms. The number of benzene rings is 2. The van der Waals surface area contributed by atoms with Gasteiger partial charge in [-0.15, -0.1) is 0 Å². The average Bonchev–Trinajstić information content (AvgIpc) is 2.71. The second kappa shape index (κ2) is 11.8. The maximum absolute atomic E-state index is 13.2. The summed E-state index contributed by atoms with van der Waals surface area (Å²) in [6, 6.07) is 14.4. The van der Waals surface area contributed by atoms with Gasteiger partial charge in [0.25, 0.3) is 0 Å². The Balaban J connectivity index is 2.23. The highest BCUT2D eigenvalue weighted by molar-refractivity contribution is 6.42. The van der Waals surface area contributed by atoms with E-state index >= 15 is 0 Å². The Hall–Kier alpha value is -2.04. The van der Waals surface area contributed by atoms with E-state index in [1.54, 1.807) is 23.1 Å². The summed E-state index contributed by atoms with van der Waals surface area (Å²) in [5, 5.41) is 3.83. The maximum Gasteiger partial charge on any atom is 0.242 e. The first-order valence-corrected chi connectivity index (χ1v) is 10.8. The summed E-state index contributed by atoms with van der Waals surface area (Å²) < 4.78 is 0. The minimum Gasteiger partial charge on any atom is -0.354 e. The quantitative estimate of drug-likeness (QED) is 0.518. The average molecular weight is 435 g/mol. The van der Waals surface area contributed by atoms with Crippen LogP contribution < -0.4 is 5.32 Å². The molecule has 0 fully saturated rings. The van der Waals surface area contributed by atoms with E-state index < -0.39 is 6.04 Å². The molecule has 156 valence electrons. The molecule has 2 aromatic rings. The molecule has 0 aromatic heterocycles. The van der Waals surface area contributed by atoms with Crippen molar-refractivity contribution in [1.29, 1.82) is 0 Å². The van der Waals surface area contributed by atoms with Gasteiger partial charge < -0.3 is 10.2 Å². The van der Waals surface area contributed by atoms with Crippen LogP contribution in [0.4, 0.5) is 0 Å². The van der Waals surface area contributed by atoms with Gasteiger partial charge in [-0.2, -0.15) is 0 Å². The first kappa shape index (κ1) is 23.2. The number of halogens is 2. The molecule has 29 heavy (non-hydrogen) atoms. The third-order valence-electron chi connectivity index (χ3n) is 4.75. The molecular formula is C23H28Cl2N2O2. The van der Waals surface area contributed by atoms with Crippen molar-refractivity contribution in [3.05, 3.63) is 69.7 Å². The number of amides is 2. The summed E-state index contributed by atoms with van der Waals surface area (Å²) in [7, 11) is 0. The van der Waals surface area contributed by atoms with Crippen LogP contribution in [0.15, 0.2) is 48.5 Å². The van der Waals surface area contributed by atoms with Crippen molar-refractivity contribution in [2.75, 3.05) is 6.54 Å². The van der Waals surface area contributed by atoms with Crippen molar-refractivity contribution in [3.63, 3.8) is 0 Å². The van der Waals surface area contributed by atoms with Gasteiger partial charge in [-0.1, -0.05) is 79.9 Å². The zero-order valence-electron chi connectivity index (χ0n) is 17.0. The van der Waals surface area contributed by atoms with Crippen molar-refractivity contribution < 1.29 is 9.59 Å². The van der Waals surface area contributed by atoms with E-state index in [1.165, 1.54) is 0 Å². The highest BCUT2D eigenvalue weighted by atomic mass is 35.5. The molecule has 0 spiro atoms. The van der Waals surface area contributed by atoms with Crippen molar-refractivity contribution in [3.8, 4) is 0 Å². The zero-order chi connectivity index (χ0) is 21.2. The van der Waals surface area contributed by atoms with Crippen LogP contribution in [0.25, 0.3) is 0 Å². The molecule has 0 saturated heterocycles. The molecule has 0 radical (unpaired) electrons. The molecule has 0 saturated carbocycles. The summed E-state index contributed by atoms with van der Waals surface area (Å²) in [6.45, 7) is 4.99. The molecule has 0 unspecified atom stereocenters. The monoisotopic (exact) mass is 434 g/mol. The molecule has 1 N–H and O–H groups in total. The highest BCUT2D eigenvalue weighted by Crippen LogP contribution is 2.23. The minimum absolute atomic E-state index is 0.112. The Kier molecular flexibility index (Phi) is 9.49. The van der Waals surface area contributed by atoms with Crippen molar-refractivity contribution in [1.82, 2.24) is 10.2 Å².